The van der Waals surface area contributed by atoms with Crippen LogP contribution < -0.4 is 0 Å². The zero-order valence-electron chi connectivity index (χ0n) is 5.87. The molecule has 1 atom stereocenters. The van der Waals surface area contributed by atoms with Crippen molar-refractivity contribution in [2.24, 2.45) is 10.2 Å². The van der Waals surface area contributed by atoms with Gasteiger partial charge in [-0.05, 0) is 11.1 Å². The smallest absolute Gasteiger partial charge is 0.169 e. The van der Waals surface area contributed by atoms with Crippen LogP contribution in [0.15, 0.2) is 34.5 Å². The van der Waals surface area contributed by atoms with Crippen molar-refractivity contribution < 1.29 is 0 Å². The lowest BCUT2D eigenvalue weighted by Gasteiger charge is -2.12. The van der Waals surface area contributed by atoms with Gasteiger partial charge in [-0.2, -0.15) is 10.2 Å². The highest BCUT2D eigenvalue weighted by Crippen LogP contribution is 2.29. The van der Waals surface area contributed by atoms with Crippen molar-refractivity contribution in [2.75, 3.05) is 0 Å². The Labute approximate surface area is 69.9 Å². The van der Waals surface area contributed by atoms with E-state index in [9.17, 15) is 0 Å². The highest BCUT2D eigenvalue weighted by Gasteiger charge is 2.13. The monoisotopic (exact) mass is 166 g/mol. The minimum absolute atomic E-state index is 0.278. The maximum atomic E-state index is 5.89. The number of hydrogen-bond donors (Lipinski definition) is 0. The van der Waals surface area contributed by atoms with Gasteiger partial charge < -0.3 is 0 Å². The van der Waals surface area contributed by atoms with E-state index >= 15 is 0 Å². The molecule has 1 heterocycles. The molecular formula is C8H7ClN2. The van der Waals surface area contributed by atoms with Crippen molar-refractivity contribution in [3.8, 4) is 0 Å². The van der Waals surface area contributed by atoms with E-state index in [1.54, 1.807) is 0 Å². The molecular weight excluding hydrogens is 160 g/mol. The van der Waals surface area contributed by atoms with Crippen molar-refractivity contribution in [3.05, 3.63) is 35.4 Å². The minimum atomic E-state index is -0.278. The fraction of sp³-hybridized carbons (Fsp3) is 0.250. The Hall–Kier alpha value is -0.890. The third kappa shape index (κ3) is 1.14. The Bertz CT molecular complexity index is 296. The van der Waals surface area contributed by atoms with Gasteiger partial charge in [-0.3, -0.25) is 0 Å². The van der Waals surface area contributed by atoms with Crippen LogP contribution in [0.3, 0.4) is 0 Å². The summed E-state index contributed by atoms with van der Waals surface area (Å²) in [5, 5.41) is 7.75. The van der Waals surface area contributed by atoms with Gasteiger partial charge in [0.1, 0.15) is 0 Å². The van der Waals surface area contributed by atoms with Gasteiger partial charge in [0.15, 0.2) is 5.50 Å². The normalized spacial score (nSPS) is 21.4. The molecule has 0 fully saturated rings. The van der Waals surface area contributed by atoms with E-state index in [-0.39, 0.29) is 5.50 Å². The number of hydrogen-bond acceptors (Lipinski definition) is 2. The zero-order valence-corrected chi connectivity index (χ0v) is 6.62. The molecule has 1 aliphatic heterocycles. The number of rotatable bonds is 0. The number of fused-ring (bicyclic) bond motifs is 1. The van der Waals surface area contributed by atoms with Crippen molar-refractivity contribution in [3.63, 3.8) is 0 Å². The molecule has 11 heavy (non-hydrogen) atoms. The molecule has 2 rings (SSSR count). The largest absolute Gasteiger partial charge is 0.187 e. The van der Waals surface area contributed by atoms with Crippen LogP contribution in [-0.4, -0.2) is 0 Å². The molecule has 0 spiro atoms. The highest BCUT2D eigenvalue weighted by molar-refractivity contribution is 6.20. The van der Waals surface area contributed by atoms with Gasteiger partial charge in [-0.25, -0.2) is 0 Å². The summed E-state index contributed by atoms with van der Waals surface area (Å²) in [5.74, 6) is 0. The Kier molecular flexibility index (Phi) is 1.62. The number of alkyl halides is 1. The van der Waals surface area contributed by atoms with Gasteiger partial charge in [0.2, 0.25) is 0 Å². The predicted molar refractivity (Wildman–Crippen MR) is 43.6 cm³/mol. The first-order valence-electron chi connectivity index (χ1n) is 3.46. The van der Waals surface area contributed by atoms with Crippen molar-refractivity contribution in [2.45, 2.75) is 12.0 Å². The van der Waals surface area contributed by atoms with Crippen molar-refractivity contribution in [1.29, 1.82) is 0 Å². The van der Waals surface area contributed by atoms with E-state index in [2.05, 4.69) is 10.2 Å². The second-order valence-corrected chi connectivity index (χ2v) is 2.86. The maximum absolute atomic E-state index is 5.89. The number of azo groups is 1. The quantitative estimate of drug-likeness (QED) is 0.418. The van der Waals surface area contributed by atoms with Crippen molar-refractivity contribution in [1.82, 2.24) is 0 Å². The predicted octanol–water partition coefficient (Wildman–Crippen LogP) is 2.89. The summed E-state index contributed by atoms with van der Waals surface area (Å²) in [6.45, 7) is 0.666. The molecule has 0 saturated heterocycles. The van der Waals surface area contributed by atoms with Gasteiger partial charge in [0.25, 0.3) is 0 Å². The molecule has 1 aliphatic rings. The summed E-state index contributed by atoms with van der Waals surface area (Å²) < 4.78 is 0. The first kappa shape index (κ1) is 6.80. The number of benzene rings is 1. The van der Waals surface area contributed by atoms with Crippen LogP contribution in [0.2, 0.25) is 0 Å². The maximum Gasteiger partial charge on any atom is 0.169 e. The SMILES string of the molecule is ClC1N=NCc2ccccc21. The van der Waals surface area contributed by atoms with E-state index in [0.717, 1.165) is 5.56 Å². The van der Waals surface area contributed by atoms with E-state index in [1.807, 2.05) is 24.3 Å². The highest BCUT2D eigenvalue weighted by atomic mass is 35.5. The lowest BCUT2D eigenvalue weighted by atomic mass is 10.1. The number of halogens is 1. The molecule has 0 aliphatic carbocycles. The topological polar surface area (TPSA) is 24.7 Å². The average molecular weight is 167 g/mol. The van der Waals surface area contributed by atoms with Gasteiger partial charge in [-0.1, -0.05) is 35.9 Å². The summed E-state index contributed by atoms with van der Waals surface area (Å²) in [4.78, 5) is 0. The first-order valence-corrected chi connectivity index (χ1v) is 3.90. The lowest BCUT2D eigenvalue weighted by molar-refractivity contribution is 0.769. The van der Waals surface area contributed by atoms with Crippen LogP contribution in [0.25, 0.3) is 0 Å². The summed E-state index contributed by atoms with van der Waals surface area (Å²) >= 11 is 5.89. The molecule has 3 heteroatoms. The molecule has 0 aromatic heterocycles. The molecule has 0 N–H and O–H groups in total. The van der Waals surface area contributed by atoms with Gasteiger partial charge in [0.05, 0.1) is 6.54 Å². The van der Waals surface area contributed by atoms with Crippen LogP contribution in [-0.2, 0) is 6.54 Å². The molecule has 56 valence electrons. The van der Waals surface area contributed by atoms with Crippen LogP contribution in [0, 0.1) is 0 Å². The molecule has 0 amide bonds. The second kappa shape index (κ2) is 2.62. The molecule has 1 unspecified atom stereocenters. The summed E-state index contributed by atoms with van der Waals surface area (Å²) in [5.41, 5.74) is 1.99. The Morgan fingerprint density at radius 1 is 1.36 bits per heavy atom. The van der Waals surface area contributed by atoms with E-state index < -0.39 is 0 Å². The standard InChI is InChI=1S/C8H7ClN2/c9-8-7-4-2-1-3-6(7)5-10-11-8/h1-4,8H,5H2. The lowest BCUT2D eigenvalue weighted by Crippen LogP contribution is -1.98. The molecule has 1 aromatic carbocycles. The van der Waals surface area contributed by atoms with Gasteiger partial charge in [-0.15, -0.1) is 0 Å². The fourth-order valence-electron chi connectivity index (χ4n) is 1.16. The van der Waals surface area contributed by atoms with E-state index in [1.165, 1.54) is 5.56 Å². The molecule has 2 nitrogen and oxygen atoms in total. The second-order valence-electron chi connectivity index (χ2n) is 2.45. The Morgan fingerprint density at radius 3 is 3.00 bits per heavy atom. The van der Waals surface area contributed by atoms with Crippen molar-refractivity contribution >= 4 is 11.6 Å². The van der Waals surface area contributed by atoms with Crippen LogP contribution in [0.1, 0.15) is 16.6 Å². The van der Waals surface area contributed by atoms with Crippen LogP contribution in [0.4, 0.5) is 0 Å². The summed E-state index contributed by atoms with van der Waals surface area (Å²) in [6, 6.07) is 7.98. The summed E-state index contributed by atoms with van der Waals surface area (Å²) in [6.07, 6.45) is 0. The van der Waals surface area contributed by atoms with E-state index in [4.69, 9.17) is 11.6 Å². The third-order valence-corrected chi connectivity index (χ3v) is 2.06. The number of nitrogens with zero attached hydrogens (tertiary/aromatic N) is 2. The molecule has 0 radical (unpaired) electrons. The molecule has 0 saturated carbocycles. The Balaban J connectivity index is 2.50. The average Bonchev–Trinajstić information content (AvgIpc) is 2.06. The molecule has 0 bridgehead atoms. The van der Waals surface area contributed by atoms with Gasteiger partial charge >= 0.3 is 0 Å². The van der Waals surface area contributed by atoms with Gasteiger partial charge in [0, 0.05) is 0 Å². The first-order chi connectivity index (χ1) is 5.38. The van der Waals surface area contributed by atoms with Crippen LogP contribution in [0.5, 0.6) is 0 Å². The summed E-state index contributed by atoms with van der Waals surface area (Å²) in [7, 11) is 0. The third-order valence-electron chi connectivity index (χ3n) is 1.74. The van der Waals surface area contributed by atoms with E-state index in [0.29, 0.717) is 6.54 Å². The minimum Gasteiger partial charge on any atom is -0.187 e. The van der Waals surface area contributed by atoms with Crippen LogP contribution >= 0.6 is 11.6 Å². The fourth-order valence-corrected chi connectivity index (χ4v) is 1.44. The zero-order chi connectivity index (χ0) is 7.68. The Morgan fingerprint density at radius 2 is 2.18 bits per heavy atom. The molecule has 1 aromatic rings.